The van der Waals surface area contributed by atoms with Crippen LogP contribution in [-0.2, 0) is 19.6 Å². The Balaban J connectivity index is 1.55. The number of phenolic OH excluding ortho intramolecular Hbond substituents is 1. The van der Waals surface area contributed by atoms with Gasteiger partial charge >= 0.3 is 0 Å². The molecule has 35 heavy (non-hydrogen) atoms. The molecule has 3 aromatic rings. The Morgan fingerprint density at radius 3 is 2.57 bits per heavy atom. The number of amides is 2. The van der Waals surface area contributed by atoms with Crippen molar-refractivity contribution in [1.82, 2.24) is 0 Å². The summed E-state index contributed by atoms with van der Waals surface area (Å²) >= 11 is 0. The van der Waals surface area contributed by atoms with E-state index in [0.29, 0.717) is 17.2 Å². The molecule has 1 aliphatic heterocycles. The summed E-state index contributed by atoms with van der Waals surface area (Å²) in [4.78, 5) is 26.5. The number of aromatic hydroxyl groups is 1. The van der Waals surface area contributed by atoms with Crippen molar-refractivity contribution in [2.24, 2.45) is 0 Å². The molecule has 1 heterocycles. The molecule has 2 amide bonds. The summed E-state index contributed by atoms with van der Waals surface area (Å²) in [6, 6.07) is 16.8. The number of anilines is 3. The first-order valence-corrected chi connectivity index (χ1v) is 12.0. The summed E-state index contributed by atoms with van der Waals surface area (Å²) in [7, 11) is -2.66. The lowest BCUT2D eigenvalue weighted by atomic mass is 10.2. The topological polar surface area (TPSA) is 134 Å². The van der Waals surface area contributed by atoms with Crippen molar-refractivity contribution in [3.8, 4) is 17.2 Å². The lowest BCUT2D eigenvalue weighted by Crippen LogP contribution is -2.47. The minimum atomic E-state index is -4.08. The first kappa shape index (κ1) is 23.9. The third-order valence-electron chi connectivity index (χ3n) is 5.28. The fourth-order valence-corrected chi connectivity index (χ4v) is 4.67. The van der Waals surface area contributed by atoms with Crippen molar-refractivity contribution < 1.29 is 32.6 Å². The number of nitrogens with one attached hydrogen (secondary N) is 2. The highest BCUT2D eigenvalue weighted by atomic mass is 32.2. The number of rotatable bonds is 7. The van der Waals surface area contributed by atoms with Gasteiger partial charge in [0, 0.05) is 0 Å². The largest absolute Gasteiger partial charge is 0.506 e. The minimum Gasteiger partial charge on any atom is -0.506 e. The summed E-state index contributed by atoms with van der Waals surface area (Å²) in [5.41, 5.74) is 0.541. The number of methoxy groups -OCH3 is 1. The van der Waals surface area contributed by atoms with E-state index in [1.807, 2.05) is 0 Å². The normalized spacial score (nSPS) is 15.1. The predicted octanol–water partition coefficient (Wildman–Crippen LogP) is 2.95. The van der Waals surface area contributed by atoms with Crippen LogP contribution in [0.15, 0.2) is 71.6 Å². The Labute approximate surface area is 202 Å². The van der Waals surface area contributed by atoms with E-state index in [4.69, 9.17) is 9.47 Å². The summed E-state index contributed by atoms with van der Waals surface area (Å²) in [5.74, 6) is -0.583. The number of hydrogen-bond donors (Lipinski definition) is 3. The summed E-state index contributed by atoms with van der Waals surface area (Å²) in [6.45, 7) is 1.22. The van der Waals surface area contributed by atoms with Gasteiger partial charge in [-0.25, -0.2) is 8.42 Å². The highest BCUT2D eigenvalue weighted by molar-refractivity contribution is 7.92. The molecule has 0 unspecified atom stereocenters. The number of carbonyl (C=O) groups excluding carboxylic acids is 2. The third kappa shape index (κ3) is 4.99. The van der Waals surface area contributed by atoms with Gasteiger partial charge in [0.1, 0.15) is 23.8 Å². The first-order chi connectivity index (χ1) is 16.7. The first-order valence-electron chi connectivity index (χ1n) is 10.6. The second-order valence-electron chi connectivity index (χ2n) is 7.69. The van der Waals surface area contributed by atoms with Gasteiger partial charge in [0.05, 0.1) is 29.1 Å². The highest BCUT2D eigenvalue weighted by Gasteiger charge is 2.32. The average Bonchev–Trinajstić information content (AvgIpc) is 2.83. The van der Waals surface area contributed by atoms with E-state index < -0.39 is 27.9 Å². The van der Waals surface area contributed by atoms with Crippen LogP contribution in [0.25, 0.3) is 0 Å². The summed E-state index contributed by atoms with van der Waals surface area (Å²) in [6.07, 6.45) is -0.777. The molecule has 0 radical (unpaired) electrons. The number of phenols is 1. The van der Waals surface area contributed by atoms with Crippen molar-refractivity contribution in [1.29, 1.82) is 0 Å². The molecule has 0 bridgehead atoms. The predicted molar refractivity (Wildman–Crippen MR) is 129 cm³/mol. The number of para-hydroxylation sites is 4. The van der Waals surface area contributed by atoms with Crippen molar-refractivity contribution in [2.45, 2.75) is 17.9 Å². The van der Waals surface area contributed by atoms with Crippen LogP contribution in [0, 0.1) is 0 Å². The molecule has 3 N–H and O–H groups in total. The second-order valence-corrected chi connectivity index (χ2v) is 9.37. The molecule has 1 atom stereocenters. The molecular weight excluding hydrogens is 474 g/mol. The van der Waals surface area contributed by atoms with E-state index in [2.05, 4.69) is 10.0 Å². The van der Waals surface area contributed by atoms with Gasteiger partial charge < -0.3 is 19.9 Å². The van der Waals surface area contributed by atoms with Crippen LogP contribution in [0.2, 0.25) is 0 Å². The number of sulfonamides is 1. The number of fused-ring (bicyclic) bond motifs is 1. The van der Waals surface area contributed by atoms with Crippen LogP contribution in [-0.4, -0.2) is 45.1 Å². The van der Waals surface area contributed by atoms with Crippen molar-refractivity contribution in [3.05, 3.63) is 66.7 Å². The van der Waals surface area contributed by atoms with E-state index in [1.165, 1.54) is 24.1 Å². The van der Waals surface area contributed by atoms with Gasteiger partial charge in [0.15, 0.2) is 6.10 Å². The molecule has 0 saturated carbocycles. The molecule has 0 aromatic heterocycles. The number of hydrogen-bond acceptors (Lipinski definition) is 7. The fraction of sp³-hybridized carbons (Fsp3) is 0.167. The number of benzene rings is 3. The number of nitrogens with zero attached hydrogens (tertiary/aromatic N) is 1. The van der Waals surface area contributed by atoms with Gasteiger partial charge in [-0.1, -0.05) is 24.3 Å². The summed E-state index contributed by atoms with van der Waals surface area (Å²) < 4.78 is 39.0. The standard InChI is InChI=1S/C24H23N3O7S/c1-15-24(30)27(19-8-4-6-10-22(19)34-15)14-23(29)25-18-13-16(11-12-20(18)28)35(31,32)26-17-7-3-5-9-21(17)33-2/h3-13,15,26,28H,14H2,1-2H3,(H,25,29)/t15-/m1/s1. The lowest BCUT2D eigenvalue weighted by Gasteiger charge is -2.32. The molecule has 0 aliphatic carbocycles. The molecule has 4 rings (SSSR count). The average molecular weight is 498 g/mol. The molecule has 0 fully saturated rings. The van der Waals surface area contributed by atoms with Crippen LogP contribution in [0.5, 0.6) is 17.2 Å². The molecule has 0 saturated heterocycles. The molecule has 1 aliphatic rings. The van der Waals surface area contributed by atoms with E-state index in [1.54, 1.807) is 49.4 Å². The maximum Gasteiger partial charge on any atom is 0.268 e. The molecule has 0 spiro atoms. The molecule has 3 aromatic carbocycles. The van der Waals surface area contributed by atoms with E-state index in [-0.39, 0.29) is 28.6 Å². The Kier molecular flexibility index (Phi) is 6.52. The lowest BCUT2D eigenvalue weighted by molar-refractivity contribution is -0.127. The third-order valence-corrected chi connectivity index (χ3v) is 6.64. The molecular formula is C24H23N3O7S. The maximum absolute atomic E-state index is 12.9. The van der Waals surface area contributed by atoms with Gasteiger partial charge in [-0.05, 0) is 49.4 Å². The quantitative estimate of drug-likeness (QED) is 0.427. The van der Waals surface area contributed by atoms with E-state index in [9.17, 15) is 23.1 Å². The summed E-state index contributed by atoms with van der Waals surface area (Å²) in [5, 5.41) is 12.7. The van der Waals surface area contributed by atoms with Gasteiger partial charge in [-0.3, -0.25) is 19.2 Å². The van der Waals surface area contributed by atoms with E-state index >= 15 is 0 Å². The highest BCUT2D eigenvalue weighted by Crippen LogP contribution is 2.34. The Hall–Kier alpha value is -4.25. The van der Waals surface area contributed by atoms with Crippen LogP contribution >= 0.6 is 0 Å². The number of carbonyl (C=O) groups is 2. The van der Waals surface area contributed by atoms with Crippen LogP contribution < -0.4 is 24.4 Å². The molecule has 10 nitrogen and oxygen atoms in total. The van der Waals surface area contributed by atoms with E-state index in [0.717, 1.165) is 12.1 Å². The molecule has 11 heteroatoms. The van der Waals surface area contributed by atoms with Crippen LogP contribution in [0.4, 0.5) is 17.1 Å². The second kappa shape index (κ2) is 9.55. The van der Waals surface area contributed by atoms with Crippen molar-refractivity contribution >= 4 is 38.9 Å². The van der Waals surface area contributed by atoms with Gasteiger partial charge in [0.25, 0.3) is 15.9 Å². The Bertz CT molecular complexity index is 1390. The number of ether oxygens (including phenoxy) is 2. The van der Waals surface area contributed by atoms with Crippen LogP contribution in [0.3, 0.4) is 0 Å². The maximum atomic E-state index is 12.9. The van der Waals surface area contributed by atoms with Gasteiger partial charge in [0.2, 0.25) is 5.91 Å². The Morgan fingerprint density at radius 2 is 1.80 bits per heavy atom. The zero-order valence-corrected chi connectivity index (χ0v) is 19.7. The monoisotopic (exact) mass is 497 g/mol. The van der Waals surface area contributed by atoms with Gasteiger partial charge in [-0.15, -0.1) is 0 Å². The van der Waals surface area contributed by atoms with Gasteiger partial charge in [-0.2, -0.15) is 0 Å². The zero-order chi connectivity index (χ0) is 25.2. The van der Waals surface area contributed by atoms with Crippen molar-refractivity contribution in [2.75, 3.05) is 28.6 Å². The fourth-order valence-electron chi connectivity index (χ4n) is 3.57. The zero-order valence-electron chi connectivity index (χ0n) is 18.9. The molecule has 182 valence electrons. The Morgan fingerprint density at radius 1 is 1.09 bits per heavy atom. The smallest absolute Gasteiger partial charge is 0.268 e. The van der Waals surface area contributed by atoms with Crippen LogP contribution in [0.1, 0.15) is 6.92 Å². The minimum absolute atomic E-state index is 0.125. The van der Waals surface area contributed by atoms with Crippen molar-refractivity contribution in [3.63, 3.8) is 0 Å². The SMILES string of the molecule is COc1ccccc1NS(=O)(=O)c1ccc(O)c(NC(=O)CN2C(=O)[C@@H](C)Oc3ccccc32)c1.